The van der Waals surface area contributed by atoms with Crippen molar-refractivity contribution < 1.29 is 24.8 Å². The van der Waals surface area contributed by atoms with Crippen LogP contribution in [0, 0.1) is 0 Å². The summed E-state index contributed by atoms with van der Waals surface area (Å²) in [6, 6.07) is 9.03. The maximum Gasteiger partial charge on any atom is 0.351 e. The van der Waals surface area contributed by atoms with Crippen molar-refractivity contribution in [3.8, 4) is 5.75 Å². The third kappa shape index (κ3) is 3.70. The van der Waals surface area contributed by atoms with Gasteiger partial charge in [-0.25, -0.2) is 4.79 Å². The summed E-state index contributed by atoms with van der Waals surface area (Å²) >= 11 is 0. The highest BCUT2D eigenvalue weighted by molar-refractivity contribution is 5.35. The number of aliphatic hydroxyl groups excluding tert-OH is 3. The molecule has 3 rings (SSSR count). The van der Waals surface area contributed by atoms with Gasteiger partial charge in [-0.3, -0.25) is 4.57 Å². The Labute approximate surface area is 149 Å². The minimum absolute atomic E-state index is 0.369. The topological polar surface area (TPSA) is 126 Å². The van der Waals surface area contributed by atoms with Gasteiger partial charge in [0, 0.05) is 12.7 Å². The van der Waals surface area contributed by atoms with Crippen molar-refractivity contribution in [3.05, 3.63) is 52.6 Å². The van der Waals surface area contributed by atoms with E-state index in [4.69, 9.17) is 14.6 Å². The third-order valence-electron chi connectivity index (χ3n) is 4.25. The second kappa shape index (κ2) is 7.83. The molecule has 2 aromatic rings. The molecule has 9 heteroatoms. The van der Waals surface area contributed by atoms with Gasteiger partial charge in [-0.2, -0.15) is 4.98 Å². The van der Waals surface area contributed by atoms with E-state index in [0.717, 1.165) is 15.9 Å². The number of hydrogen-bond acceptors (Lipinski definition) is 8. The van der Waals surface area contributed by atoms with E-state index in [0.29, 0.717) is 12.4 Å². The molecular weight excluding hydrogens is 342 g/mol. The number of methoxy groups -OCH3 is 1. The first-order valence-electron chi connectivity index (χ1n) is 8.12. The molecule has 1 aliphatic heterocycles. The van der Waals surface area contributed by atoms with Gasteiger partial charge in [0.25, 0.3) is 0 Å². The lowest BCUT2D eigenvalue weighted by Gasteiger charge is -2.17. The second-order valence-corrected chi connectivity index (χ2v) is 5.93. The zero-order valence-corrected chi connectivity index (χ0v) is 14.1. The van der Waals surface area contributed by atoms with Gasteiger partial charge < -0.3 is 30.1 Å². The van der Waals surface area contributed by atoms with Crippen LogP contribution < -0.4 is 15.7 Å². The van der Waals surface area contributed by atoms with Crippen LogP contribution in [0.5, 0.6) is 5.75 Å². The van der Waals surface area contributed by atoms with Gasteiger partial charge in [-0.1, -0.05) is 12.1 Å². The molecule has 0 spiro atoms. The van der Waals surface area contributed by atoms with E-state index in [1.54, 1.807) is 13.2 Å². The van der Waals surface area contributed by atoms with Crippen molar-refractivity contribution in [2.75, 3.05) is 19.0 Å². The number of ether oxygens (including phenoxy) is 2. The first-order valence-corrected chi connectivity index (χ1v) is 8.12. The van der Waals surface area contributed by atoms with Crippen LogP contribution in [-0.2, 0) is 11.3 Å². The van der Waals surface area contributed by atoms with Crippen molar-refractivity contribution in [1.29, 1.82) is 0 Å². The molecule has 0 saturated carbocycles. The van der Waals surface area contributed by atoms with E-state index in [9.17, 15) is 15.0 Å². The van der Waals surface area contributed by atoms with Crippen molar-refractivity contribution in [2.24, 2.45) is 0 Å². The molecule has 4 atom stereocenters. The van der Waals surface area contributed by atoms with E-state index in [1.807, 2.05) is 24.3 Å². The summed E-state index contributed by atoms with van der Waals surface area (Å²) in [5.41, 5.74) is 0.347. The van der Waals surface area contributed by atoms with Crippen molar-refractivity contribution in [2.45, 2.75) is 31.1 Å². The number of aliphatic hydroxyl groups is 3. The Morgan fingerprint density at radius 3 is 2.54 bits per heavy atom. The summed E-state index contributed by atoms with van der Waals surface area (Å²) in [4.78, 5) is 16.1. The molecule has 4 unspecified atom stereocenters. The Bertz CT molecular complexity index is 794. The Hall–Kier alpha value is -2.46. The van der Waals surface area contributed by atoms with Gasteiger partial charge in [0.05, 0.1) is 13.7 Å². The van der Waals surface area contributed by atoms with Crippen molar-refractivity contribution in [3.63, 3.8) is 0 Å². The second-order valence-electron chi connectivity index (χ2n) is 5.93. The van der Waals surface area contributed by atoms with Crippen molar-refractivity contribution >= 4 is 5.82 Å². The molecule has 1 aliphatic rings. The monoisotopic (exact) mass is 363 g/mol. The molecule has 1 fully saturated rings. The number of aromatic nitrogens is 2. The van der Waals surface area contributed by atoms with Gasteiger partial charge in [0.15, 0.2) is 6.23 Å². The van der Waals surface area contributed by atoms with E-state index >= 15 is 0 Å². The fourth-order valence-corrected chi connectivity index (χ4v) is 2.75. The Morgan fingerprint density at radius 1 is 1.23 bits per heavy atom. The number of nitrogens with one attached hydrogen (secondary N) is 1. The van der Waals surface area contributed by atoms with E-state index in [-0.39, 0.29) is 0 Å². The normalized spacial score (nSPS) is 25.2. The molecule has 1 saturated heterocycles. The zero-order chi connectivity index (χ0) is 18.7. The molecule has 0 radical (unpaired) electrons. The van der Waals surface area contributed by atoms with Crippen LogP contribution in [0.3, 0.4) is 0 Å². The average molecular weight is 363 g/mol. The number of rotatable bonds is 6. The number of anilines is 1. The fraction of sp³-hybridized carbons (Fsp3) is 0.412. The summed E-state index contributed by atoms with van der Waals surface area (Å²) in [5, 5.41) is 32.0. The lowest BCUT2D eigenvalue weighted by Crippen LogP contribution is -2.36. The number of benzene rings is 1. The highest BCUT2D eigenvalue weighted by atomic mass is 16.6. The number of nitrogens with zero attached hydrogens (tertiary/aromatic N) is 2. The predicted molar refractivity (Wildman–Crippen MR) is 91.8 cm³/mol. The summed E-state index contributed by atoms with van der Waals surface area (Å²) in [5.74, 6) is 1.13. The Kier molecular flexibility index (Phi) is 5.52. The molecule has 0 amide bonds. The maximum absolute atomic E-state index is 12.2. The minimum Gasteiger partial charge on any atom is -0.497 e. The lowest BCUT2D eigenvalue weighted by atomic mass is 10.1. The van der Waals surface area contributed by atoms with Gasteiger partial charge in [0.2, 0.25) is 0 Å². The quantitative estimate of drug-likeness (QED) is 0.540. The van der Waals surface area contributed by atoms with E-state index < -0.39 is 36.8 Å². The largest absolute Gasteiger partial charge is 0.497 e. The summed E-state index contributed by atoms with van der Waals surface area (Å²) in [7, 11) is 1.60. The first kappa shape index (κ1) is 18.3. The smallest absolute Gasteiger partial charge is 0.351 e. The molecule has 0 aliphatic carbocycles. The highest BCUT2D eigenvalue weighted by Crippen LogP contribution is 2.28. The lowest BCUT2D eigenvalue weighted by molar-refractivity contribution is -0.0549. The zero-order valence-electron chi connectivity index (χ0n) is 14.1. The van der Waals surface area contributed by atoms with Crippen LogP contribution in [0.25, 0.3) is 0 Å². The SMILES string of the molecule is COc1ccc(CNc2ccn(C3OC(CO)C(O)C3O)c(=O)n2)cc1. The Balaban J connectivity index is 1.68. The predicted octanol–water partition coefficient (Wildman–Crippen LogP) is -0.525. The standard InChI is InChI=1S/C17H21N3O6/c1-25-11-4-2-10(3-5-11)8-18-13-6-7-20(17(24)19-13)16-15(23)14(22)12(9-21)26-16/h2-7,12,14-16,21-23H,8-9H2,1H3,(H,18,19,24). The fourth-order valence-electron chi connectivity index (χ4n) is 2.75. The molecule has 1 aromatic carbocycles. The Morgan fingerprint density at radius 2 is 1.96 bits per heavy atom. The molecular formula is C17H21N3O6. The molecule has 2 heterocycles. The van der Waals surface area contributed by atoms with Gasteiger partial charge in [0.1, 0.15) is 29.9 Å². The van der Waals surface area contributed by atoms with Crippen LogP contribution >= 0.6 is 0 Å². The third-order valence-corrected chi connectivity index (χ3v) is 4.25. The summed E-state index contributed by atoms with van der Waals surface area (Å²) in [6.07, 6.45) is -3.23. The van der Waals surface area contributed by atoms with Crippen LogP contribution in [0.2, 0.25) is 0 Å². The molecule has 4 N–H and O–H groups in total. The van der Waals surface area contributed by atoms with E-state index in [1.165, 1.54) is 6.20 Å². The summed E-state index contributed by atoms with van der Waals surface area (Å²) in [6.45, 7) is 0.00665. The van der Waals surface area contributed by atoms with Gasteiger partial charge in [-0.15, -0.1) is 0 Å². The molecule has 0 bridgehead atoms. The molecule has 1 aromatic heterocycles. The first-order chi connectivity index (χ1) is 12.5. The van der Waals surface area contributed by atoms with E-state index in [2.05, 4.69) is 10.3 Å². The molecule has 140 valence electrons. The molecule has 9 nitrogen and oxygen atoms in total. The molecule has 26 heavy (non-hydrogen) atoms. The van der Waals surface area contributed by atoms with Crippen LogP contribution in [0.4, 0.5) is 5.82 Å². The van der Waals surface area contributed by atoms with Gasteiger partial charge in [-0.05, 0) is 23.8 Å². The van der Waals surface area contributed by atoms with Crippen LogP contribution in [0.1, 0.15) is 11.8 Å². The average Bonchev–Trinajstić information content (AvgIpc) is 2.95. The maximum atomic E-state index is 12.2. The van der Waals surface area contributed by atoms with Crippen LogP contribution in [0.15, 0.2) is 41.3 Å². The van der Waals surface area contributed by atoms with Crippen LogP contribution in [-0.4, -0.2) is 56.9 Å². The minimum atomic E-state index is -1.33. The number of hydrogen-bond donors (Lipinski definition) is 4. The van der Waals surface area contributed by atoms with Crippen molar-refractivity contribution in [1.82, 2.24) is 9.55 Å². The summed E-state index contributed by atoms with van der Waals surface area (Å²) < 4.78 is 11.5. The highest BCUT2D eigenvalue weighted by Gasteiger charge is 2.43. The van der Waals surface area contributed by atoms with Gasteiger partial charge >= 0.3 is 5.69 Å².